The van der Waals surface area contributed by atoms with Crippen molar-refractivity contribution in [2.24, 2.45) is 0 Å². The van der Waals surface area contributed by atoms with Crippen LogP contribution in [0.4, 0.5) is 10.9 Å². The number of aromatic nitrogens is 4. The Morgan fingerprint density at radius 1 is 1.25 bits per heavy atom. The summed E-state index contributed by atoms with van der Waals surface area (Å²) >= 11 is 1.41. The molecule has 36 heavy (non-hydrogen) atoms. The van der Waals surface area contributed by atoms with Gasteiger partial charge in [0.1, 0.15) is 5.82 Å². The number of aryl methyl sites for hydroxylation is 1. The lowest BCUT2D eigenvalue weighted by molar-refractivity contribution is 0.0691. The maximum atomic E-state index is 12.1. The summed E-state index contributed by atoms with van der Waals surface area (Å²) in [7, 11) is 0. The number of aliphatic hydroxyl groups is 1. The van der Waals surface area contributed by atoms with Gasteiger partial charge in [0.05, 0.1) is 16.4 Å². The summed E-state index contributed by atoms with van der Waals surface area (Å²) in [6.45, 7) is 9.82. The quantitative estimate of drug-likeness (QED) is 0.167. The molecular weight excluding hydrogens is 476 g/mol. The van der Waals surface area contributed by atoms with E-state index < -0.39 is 12.3 Å². The number of aromatic amines is 1. The van der Waals surface area contributed by atoms with Crippen LogP contribution in [-0.4, -0.2) is 49.2 Å². The molecule has 4 rings (SSSR count). The molecule has 1 atom stereocenters. The lowest BCUT2D eigenvalue weighted by atomic mass is 10.0. The summed E-state index contributed by atoms with van der Waals surface area (Å²) in [5.41, 5.74) is 3.30. The molecule has 4 N–H and O–H groups in total. The van der Waals surface area contributed by atoms with Gasteiger partial charge in [0.25, 0.3) is 0 Å². The second kappa shape index (κ2) is 11.0. The summed E-state index contributed by atoms with van der Waals surface area (Å²) in [6, 6.07) is 11.0. The number of pyridine rings is 1. The van der Waals surface area contributed by atoms with E-state index in [1.165, 1.54) is 11.3 Å². The molecule has 9 nitrogen and oxygen atoms in total. The Labute approximate surface area is 212 Å². The normalized spacial score (nSPS) is 12.1. The van der Waals surface area contributed by atoms with Crippen molar-refractivity contribution in [2.75, 3.05) is 16.8 Å². The first-order valence-corrected chi connectivity index (χ1v) is 12.0. The fourth-order valence-corrected chi connectivity index (χ4v) is 4.53. The van der Waals surface area contributed by atoms with E-state index in [1.54, 1.807) is 35.4 Å². The summed E-state index contributed by atoms with van der Waals surface area (Å²) in [5, 5.41) is 31.4. The maximum absolute atomic E-state index is 12.1. The lowest BCUT2D eigenvalue weighted by Crippen LogP contribution is -2.42. The van der Waals surface area contributed by atoms with Crippen molar-refractivity contribution < 1.29 is 15.0 Å². The molecule has 0 radical (unpaired) electrons. The molecule has 0 aliphatic carbocycles. The number of para-hydroxylation sites is 1. The SMILES string of the molecule is C=C/C=C\C(=C)CCN(c1ccc(-c2cn[nH]c2C)c(C(=O)O)n1)C(O)Nc1nc2ccccc2s1. The second-order valence-corrected chi connectivity index (χ2v) is 9.01. The zero-order chi connectivity index (χ0) is 25.7. The molecule has 0 aliphatic rings. The van der Waals surface area contributed by atoms with Crippen LogP contribution in [0.2, 0.25) is 0 Å². The molecule has 184 valence electrons. The topological polar surface area (TPSA) is 127 Å². The Morgan fingerprint density at radius 2 is 2.06 bits per heavy atom. The molecule has 0 spiro atoms. The molecule has 10 heteroatoms. The van der Waals surface area contributed by atoms with Crippen LogP contribution in [0.1, 0.15) is 22.6 Å². The first-order chi connectivity index (χ1) is 17.4. The summed E-state index contributed by atoms with van der Waals surface area (Å²) in [6.07, 6.45) is 6.11. The molecule has 1 unspecified atom stereocenters. The van der Waals surface area contributed by atoms with Gasteiger partial charge in [-0.05, 0) is 37.6 Å². The van der Waals surface area contributed by atoms with E-state index in [9.17, 15) is 15.0 Å². The van der Waals surface area contributed by atoms with Crippen molar-refractivity contribution in [2.45, 2.75) is 19.7 Å². The van der Waals surface area contributed by atoms with Gasteiger partial charge in [-0.2, -0.15) is 5.10 Å². The van der Waals surface area contributed by atoms with Gasteiger partial charge in [-0.1, -0.05) is 60.4 Å². The number of fused-ring (bicyclic) bond motifs is 1. The molecule has 0 fully saturated rings. The molecule has 3 heterocycles. The molecule has 0 saturated carbocycles. The number of aliphatic hydroxyl groups excluding tert-OH is 1. The predicted octanol–water partition coefficient (Wildman–Crippen LogP) is 4.97. The molecule has 0 bridgehead atoms. The number of thiazole rings is 1. The third kappa shape index (κ3) is 5.51. The highest BCUT2D eigenvalue weighted by Gasteiger charge is 2.23. The van der Waals surface area contributed by atoms with Crippen LogP contribution < -0.4 is 10.2 Å². The van der Waals surface area contributed by atoms with Crippen molar-refractivity contribution >= 4 is 38.5 Å². The molecule has 4 aromatic rings. The Hall–Kier alpha value is -4.28. The second-order valence-electron chi connectivity index (χ2n) is 7.98. The van der Waals surface area contributed by atoms with Crippen molar-refractivity contribution in [1.29, 1.82) is 0 Å². The van der Waals surface area contributed by atoms with Crippen LogP contribution in [0, 0.1) is 6.92 Å². The van der Waals surface area contributed by atoms with Gasteiger partial charge in [-0.15, -0.1) is 0 Å². The van der Waals surface area contributed by atoms with E-state index in [0.29, 0.717) is 35.0 Å². The number of anilines is 2. The highest BCUT2D eigenvalue weighted by atomic mass is 32.1. The van der Waals surface area contributed by atoms with E-state index in [1.807, 2.05) is 37.3 Å². The third-order valence-electron chi connectivity index (χ3n) is 5.48. The van der Waals surface area contributed by atoms with Gasteiger partial charge in [-0.3, -0.25) is 5.10 Å². The number of nitrogens with one attached hydrogen (secondary N) is 2. The minimum atomic E-state index is -1.22. The number of nitrogens with zero attached hydrogens (tertiary/aromatic N) is 4. The van der Waals surface area contributed by atoms with Gasteiger partial charge in [0.15, 0.2) is 10.8 Å². The zero-order valence-corrected chi connectivity index (χ0v) is 20.5. The summed E-state index contributed by atoms with van der Waals surface area (Å²) in [5.74, 6) is -0.891. The Balaban J connectivity index is 1.67. The van der Waals surface area contributed by atoms with Crippen LogP contribution in [0.15, 0.2) is 79.6 Å². The van der Waals surface area contributed by atoms with Crippen molar-refractivity contribution in [1.82, 2.24) is 20.2 Å². The Bertz CT molecular complexity index is 1410. The van der Waals surface area contributed by atoms with E-state index in [4.69, 9.17) is 0 Å². The average Bonchev–Trinajstić information content (AvgIpc) is 3.47. The predicted molar refractivity (Wildman–Crippen MR) is 143 cm³/mol. The zero-order valence-electron chi connectivity index (χ0n) is 19.7. The van der Waals surface area contributed by atoms with E-state index in [2.05, 4.69) is 38.6 Å². The minimum Gasteiger partial charge on any atom is -0.476 e. The van der Waals surface area contributed by atoms with E-state index in [-0.39, 0.29) is 5.69 Å². The minimum absolute atomic E-state index is 0.139. The van der Waals surface area contributed by atoms with Crippen LogP contribution in [-0.2, 0) is 0 Å². The maximum Gasteiger partial charge on any atom is 0.355 e. The number of carboxylic acid groups (broad SMARTS) is 1. The number of aromatic carboxylic acids is 1. The number of rotatable bonds is 11. The third-order valence-corrected chi connectivity index (χ3v) is 6.45. The molecule has 1 aromatic carbocycles. The van der Waals surface area contributed by atoms with Crippen molar-refractivity contribution in [3.8, 4) is 11.1 Å². The first kappa shape index (κ1) is 24.8. The largest absolute Gasteiger partial charge is 0.476 e. The fraction of sp³-hybridized carbons (Fsp3) is 0.154. The molecule has 0 aliphatic heterocycles. The summed E-state index contributed by atoms with van der Waals surface area (Å²) in [4.78, 5) is 22.6. The number of hydrogen-bond acceptors (Lipinski definition) is 8. The molecule has 3 aromatic heterocycles. The molecule has 0 saturated heterocycles. The first-order valence-electron chi connectivity index (χ1n) is 11.2. The van der Waals surface area contributed by atoms with Gasteiger partial charge >= 0.3 is 5.97 Å². The van der Waals surface area contributed by atoms with Crippen molar-refractivity contribution in [3.05, 3.63) is 90.9 Å². The number of carboxylic acids is 1. The standard InChI is InChI=1S/C26H26N6O3S/c1-4-5-8-16(2)13-14-32(26(35)30-25-28-20-9-6-7-10-21(20)36-25)22-12-11-18(23(29-22)24(33)34)19-15-27-31-17(19)3/h4-12,15,26,35H,1-2,13-14H2,3H3,(H,27,31)(H,28,30)(H,33,34)/b8-5-. The van der Waals surface area contributed by atoms with Crippen LogP contribution in [0.3, 0.4) is 0 Å². The lowest BCUT2D eigenvalue weighted by Gasteiger charge is -2.30. The molecule has 0 amide bonds. The fourth-order valence-electron chi connectivity index (χ4n) is 3.65. The van der Waals surface area contributed by atoms with Gasteiger partial charge in [0, 0.05) is 23.4 Å². The number of H-pyrrole nitrogens is 1. The summed E-state index contributed by atoms with van der Waals surface area (Å²) < 4.78 is 0.979. The number of hydrogen-bond donors (Lipinski definition) is 4. The number of allylic oxidation sites excluding steroid dienone is 3. The number of benzene rings is 1. The van der Waals surface area contributed by atoms with Gasteiger partial charge in [0.2, 0.25) is 6.35 Å². The highest BCUT2D eigenvalue weighted by molar-refractivity contribution is 7.22. The Morgan fingerprint density at radius 3 is 2.75 bits per heavy atom. The average molecular weight is 503 g/mol. The van der Waals surface area contributed by atoms with Crippen molar-refractivity contribution in [3.63, 3.8) is 0 Å². The van der Waals surface area contributed by atoms with Crippen LogP contribution in [0.25, 0.3) is 21.3 Å². The number of carbonyl (C=O) groups is 1. The van der Waals surface area contributed by atoms with E-state index >= 15 is 0 Å². The monoisotopic (exact) mass is 502 g/mol. The van der Waals surface area contributed by atoms with Gasteiger partial charge < -0.3 is 20.4 Å². The van der Waals surface area contributed by atoms with Gasteiger partial charge in [-0.25, -0.2) is 14.8 Å². The van der Waals surface area contributed by atoms with Crippen LogP contribution >= 0.6 is 11.3 Å². The highest BCUT2D eigenvalue weighted by Crippen LogP contribution is 2.29. The van der Waals surface area contributed by atoms with E-state index in [0.717, 1.165) is 21.5 Å². The smallest absolute Gasteiger partial charge is 0.355 e. The Kier molecular flexibility index (Phi) is 7.57. The molecular formula is C26H26N6O3S. The van der Waals surface area contributed by atoms with Crippen LogP contribution in [0.5, 0.6) is 0 Å².